The van der Waals surface area contributed by atoms with Crippen LogP contribution >= 0.6 is 0 Å². The average molecular weight is 241 g/mol. The van der Waals surface area contributed by atoms with Crippen molar-refractivity contribution in [1.82, 2.24) is 5.32 Å². The highest BCUT2D eigenvalue weighted by Crippen LogP contribution is 2.30. The van der Waals surface area contributed by atoms with Crippen LogP contribution in [0.1, 0.15) is 25.7 Å². The van der Waals surface area contributed by atoms with Crippen molar-refractivity contribution in [1.29, 1.82) is 0 Å². The zero-order valence-electron chi connectivity index (χ0n) is 10.4. The fourth-order valence-corrected chi connectivity index (χ4v) is 2.09. The molecule has 0 spiro atoms. The van der Waals surface area contributed by atoms with Gasteiger partial charge in [0, 0.05) is 7.05 Å². The normalized spacial score (nSPS) is 25.5. The Kier molecular flexibility index (Phi) is 5.44. The zero-order valence-corrected chi connectivity index (χ0v) is 10.4. The second-order valence-corrected chi connectivity index (χ2v) is 4.61. The molecule has 1 atom stereocenters. The van der Waals surface area contributed by atoms with Crippen LogP contribution in [0, 0.1) is 5.41 Å². The Balaban J connectivity index is 2.61. The Morgan fingerprint density at radius 3 is 2.76 bits per heavy atom. The lowest BCUT2D eigenvalue weighted by Crippen LogP contribution is -2.39. The Hall–Kier alpha value is -1.07. The molecule has 5 N–H and O–H groups in total. The molecule has 0 radical (unpaired) electrons. The van der Waals surface area contributed by atoms with Gasteiger partial charge in [-0.15, -0.1) is 0 Å². The SMILES string of the molecule is CNC(=O)OC1/C=C/CCC(CN)(CN)CC1. The maximum atomic E-state index is 11.2. The van der Waals surface area contributed by atoms with Crippen LogP contribution in [-0.2, 0) is 4.74 Å². The molecule has 5 heteroatoms. The molecule has 0 aromatic heterocycles. The standard InChI is InChI=1S/C12H23N3O2/c1-15-11(16)17-10-4-2-3-6-12(8-13,9-14)7-5-10/h2,4,10H,3,5-9,13-14H2,1H3,(H,15,16)/b4-2+. The maximum absolute atomic E-state index is 11.2. The molecule has 0 heterocycles. The maximum Gasteiger partial charge on any atom is 0.407 e. The first kappa shape index (κ1) is 14.0. The quantitative estimate of drug-likeness (QED) is 0.636. The number of alkyl carbamates (subject to hydrolysis) is 1. The van der Waals surface area contributed by atoms with Gasteiger partial charge in [0.15, 0.2) is 0 Å². The molecular formula is C12H23N3O2. The molecule has 1 unspecified atom stereocenters. The molecule has 0 bridgehead atoms. The third kappa shape index (κ3) is 4.02. The van der Waals surface area contributed by atoms with Gasteiger partial charge in [0.2, 0.25) is 0 Å². The van der Waals surface area contributed by atoms with E-state index < -0.39 is 6.09 Å². The Labute approximate surface area is 103 Å². The number of hydrogen-bond acceptors (Lipinski definition) is 4. The molecule has 0 saturated heterocycles. The number of carbonyl (C=O) groups is 1. The summed E-state index contributed by atoms with van der Waals surface area (Å²) in [5.74, 6) is 0. The van der Waals surface area contributed by atoms with E-state index in [2.05, 4.69) is 5.32 Å². The van der Waals surface area contributed by atoms with E-state index in [4.69, 9.17) is 16.2 Å². The largest absolute Gasteiger partial charge is 0.442 e. The monoisotopic (exact) mass is 241 g/mol. The summed E-state index contributed by atoms with van der Waals surface area (Å²) in [4.78, 5) is 11.2. The fourth-order valence-electron chi connectivity index (χ4n) is 2.09. The van der Waals surface area contributed by atoms with E-state index in [0.29, 0.717) is 13.1 Å². The van der Waals surface area contributed by atoms with E-state index in [1.54, 1.807) is 7.05 Å². The van der Waals surface area contributed by atoms with Crippen molar-refractivity contribution in [3.8, 4) is 0 Å². The Morgan fingerprint density at radius 2 is 2.18 bits per heavy atom. The van der Waals surface area contributed by atoms with Gasteiger partial charge in [-0.3, -0.25) is 0 Å². The van der Waals surface area contributed by atoms with E-state index in [-0.39, 0.29) is 11.5 Å². The number of hydrogen-bond donors (Lipinski definition) is 3. The summed E-state index contributed by atoms with van der Waals surface area (Å²) < 4.78 is 5.24. The van der Waals surface area contributed by atoms with Gasteiger partial charge < -0.3 is 21.5 Å². The van der Waals surface area contributed by atoms with Gasteiger partial charge in [0.05, 0.1) is 0 Å². The van der Waals surface area contributed by atoms with E-state index in [1.165, 1.54) is 0 Å². The van der Waals surface area contributed by atoms with Gasteiger partial charge >= 0.3 is 6.09 Å². The van der Waals surface area contributed by atoms with E-state index in [9.17, 15) is 4.79 Å². The lowest BCUT2D eigenvalue weighted by molar-refractivity contribution is 0.104. The minimum atomic E-state index is -0.397. The number of nitrogens with one attached hydrogen (secondary N) is 1. The fraction of sp³-hybridized carbons (Fsp3) is 0.750. The van der Waals surface area contributed by atoms with Crippen LogP contribution in [0.5, 0.6) is 0 Å². The van der Waals surface area contributed by atoms with Crippen molar-refractivity contribution in [2.75, 3.05) is 20.1 Å². The van der Waals surface area contributed by atoms with Crippen molar-refractivity contribution in [3.05, 3.63) is 12.2 Å². The molecule has 0 aromatic rings. The summed E-state index contributed by atoms with van der Waals surface area (Å²) in [5, 5.41) is 2.45. The van der Waals surface area contributed by atoms with Gasteiger partial charge in [-0.25, -0.2) is 4.79 Å². The summed E-state index contributed by atoms with van der Waals surface area (Å²) >= 11 is 0. The second kappa shape index (κ2) is 6.61. The summed E-state index contributed by atoms with van der Waals surface area (Å²) in [7, 11) is 1.55. The predicted octanol–water partition coefficient (Wildman–Crippen LogP) is 0.745. The molecule has 98 valence electrons. The molecule has 0 aliphatic heterocycles. The molecule has 1 aliphatic carbocycles. The van der Waals surface area contributed by atoms with Crippen LogP contribution in [0.3, 0.4) is 0 Å². The van der Waals surface area contributed by atoms with Crippen LogP contribution in [0.2, 0.25) is 0 Å². The summed E-state index contributed by atoms with van der Waals surface area (Å²) in [6, 6.07) is 0. The minimum absolute atomic E-state index is 0.00490. The van der Waals surface area contributed by atoms with Crippen molar-refractivity contribution in [2.45, 2.75) is 31.8 Å². The van der Waals surface area contributed by atoms with Crippen LogP contribution in [0.4, 0.5) is 4.79 Å². The molecule has 1 amide bonds. The third-order valence-electron chi connectivity index (χ3n) is 3.48. The summed E-state index contributed by atoms with van der Waals surface area (Å²) in [6.45, 7) is 1.17. The lowest BCUT2D eigenvalue weighted by atomic mass is 9.77. The van der Waals surface area contributed by atoms with Gasteiger partial charge in [-0.05, 0) is 50.3 Å². The lowest BCUT2D eigenvalue weighted by Gasteiger charge is -2.33. The molecule has 0 saturated carbocycles. The average Bonchev–Trinajstić information content (AvgIpc) is 2.34. The van der Waals surface area contributed by atoms with Gasteiger partial charge in [0.25, 0.3) is 0 Å². The van der Waals surface area contributed by atoms with Crippen LogP contribution in [-0.4, -0.2) is 32.3 Å². The first-order valence-corrected chi connectivity index (χ1v) is 6.11. The first-order chi connectivity index (χ1) is 8.15. The highest BCUT2D eigenvalue weighted by atomic mass is 16.6. The van der Waals surface area contributed by atoms with Crippen LogP contribution in [0.15, 0.2) is 12.2 Å². The highest BCUT2D eigenvalue weighted by Gasteiger charge is 2.28. The third-order valence-corrected chi connectivity index (χ3v) is 3.48. The van der Waals surface area contributed by atoms with Crippen molar-refractivity contribution >= 4 is 6.09 Å². The Morgan fingerprint density at radius 1 is 1.47 bits per heavy atom. The topological polar surface area (TPSA) is 90.4 Å². The number of carbonyl (C=O) groups excluding carboxylic acids is 1. The Bertz CT molecular complexity index is 275. The van der Waals surface area contributed by atoms with Crippen molar-refractivity contribution < 1.29 is 9.53 Å². The van der Waals surface area contributed by atoms with Crippen LogP contribution in [0.25, 0.3) is 0 Å². The number of allylic oxidation sites excluding steroid dienone is 1. The number of ether oxygens (including phenoxy) is 1. The molecule has 1 aliphatic rings. The number of rotatable bonds is 3. The second-order valence-electron chi connectivity index (χ2n) is 4.61. The highest BCUT2D eigenvalue weighted by molar-refractivity contribution is 5.67. The van der Waals surface area contributed by atoms with E-state index in [0.717, 1.165) is 25.7 Å². The minimum Gasteiger partial charge on any atom is -0.442 e. The van der Waals surface area contributed by atoms with Gasteiger partial charge in [-0.1, -0.05) is 6.08 Å². The van der Waals surface area contributed by atoms with Gasteiger partial charge in [0.1, 0.15) is 6.10 Å². The molecule has 0 fully saturated rings. The molecule has 5 nitrogen and oxygen atoms in total. The predicted molar refractivity (Wildman–Crippen MR) is 67.5 cm³/mol. The molecule has 0 aromatic carbocycles. The molecular weight excluding hydrogens is 218 g/mol. The smallest absolute Gasteiger partial charge is 0.407 e. The van der Waals surface area contributed by atoms with Crippen molar-refractivity contribution in [2.24, 2.45) is 16.9 Å². The summed E-state index contributed by atoms with van der Waals surface area (Å²) in [6.07, 6.45) is 7.04. The van der Waals surface area contributed by atoms with Gasteiger partial charge in [-0.2, -0.15) is 0 Å². The number of nitrogens with two attached hydrogens (primary N) is 2. The first-order valence-electron chi connectivity index (χ1n) is 6.11. The number of amides is 1. The molecule has 1 rings (SSSR count). The van der Waals surface area contributed by atoms with E-state index >= 15 is 0 Å². The van der Waals surface area contributed by atoms with E-state index in [1.807, 2.05) is 12.2 Å². The summed E-state index contributed by atoms with van der Waals surface area (Å²) in [5.41, 5.74) is 11.6. The van der Waals surface area contributed by atoms with Crippen LogP contribution < -0.4 is 16.8 Å². The van der Waals surface area contributed by atoms with Crippen molar-refractivity contribution in [3.63, 3.8) is 0 Å². The zero-order chi connectivity index (χ0) is 12.7. The molecule has 17 heavy (non-hydrogen) atoms.